The van der Waals surface area contributed by atoms with Crippen LogP contribution in [0.2, 0.25) is 8.67 Å². The number of thiophene rings is 2. The van der Waals surface area contributed by atoms with E-state index in [1.54, 1.807) is 60.7 Å². The number of alkyl carbamates (subject to hydrolysis) is 1. The number of nitrogens with zero attached hydrogens (tertiary/aromatic N) is 2. The minimum Gasteiger partial charge on any atom is -0.444 e. The van der Waals surface area contributed by atoms with Crippen LogP contribution in [0.1, 0.15) is 133 Å². The molecule has 2 aliphatic carbocycles. The van der Waals surface area contributed by atoms with Crippen LogP contribution in [0.4, 0.5) is 16.2 Å². The van der Waals surface area contributed by atoms with E-state index in [4.69, 9.17) is 33.7 Å². The Morgan fingerprint density at radius 1 is 0.631 bits per heavy atom. The molecule has 2 aromatic carbocycles. The molecule has 7 amide bonds. The van der Waals surface area contributed by atoms with Crippen molar-refractivity contribution in [3.63, 3.8) is 0 Å². The Labute approximate surface area is 395 Å². The van der Waals surface area contributed by atoms with Gasteiger partial charge in [-0.2, -0.15) is 0 Å². The molecule has 8 rings (SSSR count). The summed E-state index contributed by atoms with van der Waals surface area (Å²) in [6.07, 6.45) is 7.11. The number of anilines is 2. The normalized spacial score (nSPS) is 20.5. The van der Waals surface area contributed by atoms with Gasteiger partial charge in [-0.1, -0.05) is 35.3 Å². The second-order valence-electron chi connectivity index (χ2n) is 17.9. The lowest BCUT2D eigenvalue weighted by molar-refractivity contribution is 0.0502. The quantitative estimate of drug-likeness (QED) is 0.106. The average molecular weight is 964 g/mol. The zero-order chi connectivity index (χ0) is 46.6. The lowest BCUT2D eigenvalue weighted by Gasteiger charge is -2.31. The lowest BCUT2D eigenvalue weighted by atomic mass is 9.81. The van der Waals surface area contributed by atoms with Crippen LogP contribution in [0, 0.1) is 23.7 Å². The summed E-state index contributed by atoms with van der Waals surface area (Å²) in [7, 11) is 0. The molecule has 4 aromatic rings. The predicted octanol–water partition coefficient (Wildman–Crippen LogP) is 9.60. The van der Waals surface area contributed by atoms with Gasteiger partial charge < -0.3 is 26.4 Å². The fourth-order valence-corrected chi connectivity index (χ4v) is 10.7. The van der Waals surface area contributed by atoms with Crippen LogP contribution in [0.5, 0.6) is 0 Å². The Bertz CT molecular complexity index is 2480. The van der Waals surface area contributed by atoms with Crippen molar-refractivity contribution in [2.75, 3.05) is 36.8 Å². The molecule has 65 heavy (non-hydrogen) atoms. The maximum atomic E-state index is 13.3. The Morgan fingerprint density at radius 2 is 1.05 bits per heavy atom. The van der Waals surface area contributed by atoms with Crippen molar-refractivity contribution in [1.29, 1.82) is 0 Å². The van der Waals surface area contributed by atoms with Crippen molar-refractivity contribution in [1.82, 2.24) is 15.1 Å². The van der Waals surface area contributed by atoms with Gasteiger partial charge in [0.25, 0.3) is 35.4 Å². The molecule has 0 saturated heterocycles. The molecule has 5 N–H and O–H groups in total. The Kier molecular flexibility index (Phi) is 15.1. The maximum Gasteiger partial charge on any atom is 0.407 e. The van der Waals surface area contributed by atoms with Crippen molar-refractivity contribution < 1.29 is 38.3 Å². The summed E-state index contributed by atoms with van der Waals surface area (Å²) in [5.74, 6) is -0.714. The van der Waals surface area contributed by atoms with E-state index >= 15 is 0 Å². The van der Waals surface area contributed by atoms with Crippen LogP contribution >= 0.6 is 45.9 Å². The predicted molar refractivity (Wildman–Crippen MR) is 252 cm³/mol. The van der Waals surface area contributed by atoms with Crippen LogP contribution in [0.3, 0.4) is 0 Å². The summed E-state index contributed by atoms with van der Waals surface area (Å²) >= 11 is 14.1. The van der Waals surface area contributed by atoms with Crippen molar-refractivity contribution in [3.8, 4) is 0 Å². The Hall–Kier alpha value is -5.13. The van der Waals surface area contributed by atoms with Gasteiger partial charge in [-0.3, -0.25) is 38.6 Å². The van der Waals surface area contributed by atoms with Gasteiger partial charge in [0.15, 0.2) is 0 Å². The van der Waals surface area contributed by atoms with Gasteiger partial charge in [0.1, 0.15) is 5.60 Å². The molecule has 0 unspecified atom stereocenters. The van der Waals surface area contributed by atoms with E-state index in [-0.39, 0.29) is 52.5 Å². The van der Waals surface area contributed by atoms with E-state index in [2.05, 4.69) is 16.0 Å². The molecule has 18 heteroatoms. The summed E-state index contributed by atoms with van der Waals surface area (Å²) in [4.78, 5) is 92.7. The first-order valence-corrected chi connectivity index (χ1v) is 24.2. The molecule has 0 bridgehead atoms. The summed E-state index contributed by atoms with van der Waals surface area (Å²) in [6, 6.07) is 16.4. The molecular formula is C47H52Cl2N6O8S2. The number of hydrogen-bond donors (Lipinski definition) is 4. The minimum atomic E-state index is -0.533. The van der Waals surface area contributed by atoms with E-state index in [0.717, 1.165) is 74.0 Å². The third kappa shape index (κ3) is 11.5. The highest BCUT2D eigenvalue weighted by Crippen LogP contribution is 2.36. The first kappa shape index (κ1) is 47.8. The number of nitrogens with two attached hydrogens (primary N) is 1. The van der Waals surface area contributed by atoms with Gasteiger partial charge in [-0.15, -0.1) is 22.7 Å². The minimum absolute atomic E-state index is 0.191. The number of nitrogens with one attached hydrogen (secondary N) is 3. The number of fused-ring (bicyclic) bond motifs is 2. The smallest absolute Gasteiger partial charge is 0.407 e. The second kappa shape index (κ2) is 20.6. The molecule has 2 aliphatic heterocycles. The highest BCUT2D eigenvalue weighted by atomic mass is 35.5. The van der Waals surface area contributed by atoms with E-state index in [1.165, 1.54) is 9.80 Å². The van der Waals surface area contributed by atoms with Gasteiger partial charge in [0.2, 0.25) is 0 Å². The third-order valence-corrected chi connectivity index (χ3v) is 14.6. The number of imide groups is 2. The van der Waals surface area contributed by atoms with E-state index < -0.39 is 11.7 Å². The van der Waals surface area contributed by atoms with Gasteiger partial charge in [-0.05, 0) is 151 Å². The number of rotatable bonds is 11. The number of hydrogen-bond acceptors (Lipinski definition) is 11. The standard InChI is InChI=1S/C26H30ClN3O5S.C21H22ClN3O3S/c1-26(2,3)35-25(34)28-13-15-7-9-16(10-8-15)14-30-23(32)17-5-4-6-18(21(17)24(30)33)29-22(31)19-11-12-20(27)36-19;22-17-9-8-16(29-17)19(26)24-15-3-1-2-14-18(15)21(28)25(20(14)27)11-13-6-4-12(10-23)5-7-13/h4-6,11-12,15-16H,7-10,13-14H2,1-3H3,(H,28,34)(H,29,31);1-3,8-9,12-13H,4-7,10-11,23H2,(H,24,26). The molecule has 4 heterocycles. The van der Waals surface area contributed by atoms with Crippen LogP contribution < -0.4 is 21.7 Å². The van der Waals surface area contributed by atoms with Crippen molar-refractivity contribution in [3.05, 3.63) is 101 Å². The molecule has 344 valence electrons. The molecule has 0 radical (unpaired) electrons. The van der Waals surface area contributed by atoms with Gasteiger partial charge >= 0.3 is 6.09 Å². The van der Waals surface area contributed by atoms with Gasteiger partial charge in [0.05, 0.1) is 52.1 Å². The number of amides is 7. The van der Waals surface area contributed by atoms with Crippen LogP contribution in [-0.4, -0.2) is 83.1 Å². The van der Waals surface area contributed by atoms with E-state index in [9.17, 15) is 33.6 Å². The summed E-state index contributed by atoms with van der Waals surface area (Å²) in [5, 5.41) is 8.35. The van der Waals surface area contributed by atoms with Crippen molar-refractivity contribution >= 4 is 98.8 Å². The molecular weight excluding hydrogens is 912 g/mol. The van der Waals surface area contributed by atoms with Gasteiger partial charge in [-0.25, -0.2) is 4.79 Å². The molecule has 14 nitrogen and oxygen atoms in total. The number of carbonyl (C=O) groups excluding carboxylic acids is 7. The van der Waals surface area contributed by atoms with Crippen LogP contribution in [0.15, 0.2) is 60.7 Å². The Balaban J connectivity index is 0.000000198. The van der Waals surface area contributed by atoms with Crippen molar-refractivity contribution in [2.45, 2.75) is 77.7 Å². The number of halogens is 2. The van der Waals surface area contributed by atoms with E-state index in [1.807, 2.05) is 20.8 Å². The molecule has 2 fully saturated rings. The summed E-state index contributed by atoms with van der Waals surface area (Å²) in [5.41, 5.74) is 7.03. The molecule has 0 spiro atoms. The van der Waals surface area contributed by atoms with Crippen LogP contribution in [0.25, 0.3) is 0 Å². The second-order valence-corrected chi connectivity index (χ2v) is 21.3. The Morgan fingerprint density at radius 3 is 1.43 bits per heavy atom. The highest BCUT2D eigenvalue weighted by molar-refractivity contribution is 7.18. The monoisotopic (exact) mass is 962 g/mol. The zero-order valence-corrected chi connectivity index (χ0v) is 39.5. The van der Waals surface area contributed by atoms with Crippen LogP contribution in [-0.2, 0) is 4.74 Å². The largest absolute Gasteiger partial charge is 0.444 e. The first-order valence-electron chi connectivity index (χ1n) is 21.8. The summed E-state index contributed by atoms with van der Waals surface area (Å²) in [6.45, 7) is 7.48. The molecule has 0 atom stereocenters. The average Bonchev–Trinajstić information content (AvgIpc) is 4.04. The van der Waals surface area contributed by atoms with Gasteiger partial charge in [0, 0.05) is 19.6 Å². The number of carbonyl (C=O) groups is 7. The third-order valence-electron chi connectivity index (χ3n) is 12.2. The zero-order valence-electron chi connectivity index (χ0n) is 36.4. The fraction of sp³-hybridized carbons (Fsp3) is 0.426. The van der Waals surface area contributed by atoms with Crippen molar-refractivity contribution in [2.24, 2.45) is 29.4 Å². The molecule has 2 saturated carbocycles. The lowest BCUT2D eigenvalue weighted by Crippen LogP contribution is -2.38. The summed E-state index contributed by atoms with van der Waals surface area (Å²) < 4.78 is 6.29. The highest BCUT2D eigenvalue weighted by Gasteiger charge is 2.41. The first-order chi connectivity index (χ1) is 31.0. The fourth-order valence-electron chi connectivity index (χ4n) is 8.77. The SMILES string of the molecule is CC(C)(C)OC(=O)NCC1CCC(CN2C(=O)c3cccc(NC(=O)c4ccc(Cl)s4)c3C2=O)CC1.NCC1CCC(CN2C(=O)c3cccc(NC(=O)c4ccc(Cl)s4)c3C2=O)CC1. The maximum absolute atomic E-state index is 13.3. The number of ether oxygens (including phenoxy) is 1. The van der Waals surface area contributed by atoms with E-state index in [0.29, 0.717) is 84.9 Å². The molecule has 2 aromatic heterocycles. The number of benzene rings is 2. The topological polar surface area (TPSA) is 197 Å². The molecule has 4 aliphatic rings.